The van der Waals surface area contributed by atoms with Crippen LogP contribution in [0.1, 0.15) is 28.3 Å². The highest BCUT2D eigenvalue weighted by Crippen LogP contribution is 2.24. The summed E-state index contributed by atoms with van der Waals surface area (Å²) in [7, 11) is -3.71. The van der Waals surface area contributed by atoms with Gasteiger partial charge < -0.3 is 0 Å². The highest BCUT2D eigenvalue weighted by Gasteiger charge is 2.25. The Hall–Kier alpha value is -2.51. The Kier molecular flexibility index (Phi) is 5.20. The Bertz CT molecular complexity index is 961. The molecule has 0 spiro atoms. The summed E-state index contributed by atoms with van der Waals surface area (Å²) < 4.78 is 29.1. The van der Waals surface area contributed by atoms with Gasteiger partial charge in [-0.05, 0) is 37.5 Å². The van der Waals surface area contributed by atoms with Crippen LogP contribution in [-0.2, 0) is 16.6 Å². The van der Waals surface area contributed by atoms with Crippen LogP contribution in [0.25, 0.3) is 0 Å². The van der Waals surface area contributed by atoms with E-state index in [2.05, 4.69) is 14.9 Å². The number of rotatable bonds is 6. The predicted octanol–water partition coefficient (Wildman–Crippen LogP) is 2.92. The molecule has 0 aliphatic heterocycles. The Morgan fingerprint density at radius 3 is 2.15 bits per heavy atom. The number of nitrogens with zero attached hydrogens (tertiary/aromatic N) is 3. The van der Waals surface area contributed by atoms with E-state index in [4.69, 9.17) is 0 Å². The Labute approximate surface area is 153 Å². The maximum atomic E-state index is 13.1. The molecule has 1 unspecified atom stereocenters. The fourth-order valence-electron chi connectivity index (χ4n) is 3.23. The molecule has 7 heteroatoms. The number of hydrogen-bond donors (Lipinski definition) is 1. The van der Waals surface area contributed by atoms with Crippen LogP contribution in [0.15, 0.2) is 59.8 Å². The van der Waals surface area contributed by atoms with Gasteiger partial charge in [-0.3, -0.25) is 0 Å². The molecule has 0 bridgehead atoms. The zero-order valence-corrected chi connectivity index (χ0v) is 15.9. The van der Waals surface area contributed by atoms with Crippen molar-refractivity contribution < 1.29 is 8.42 Å². The number of benzene rings is 2. The van der Waals surface area contributed by atoms with Crippen molar-refractivity contribution in [2.45, 2.75) is 38.3 Å². The Morgan fingerprint density at radius 1 is 1.00 bits per heavy atom. The number of nitrogens with one attached hydrogen (secondary N) is 1. The van der Waals surface area contributed by atoms with Crippen LogP contribution in [0.5, 0.6) is 0 Å². The highest BCUT2D eigenvalue weighted by molar-refractivity contribution is 7.89. The molecule has 1 aromatic heterocycles. The summed E-state index contributed by atoms with van der Waals surface area (Å²) in [6.45, 7) is 5.91. The van der Waals surface area contributed by atoms with E-state index < -0.39 is 16.1 Å². The Morgan fingerprint density at radius 2 is 1.58 bits per heavy atom. The number of aromatic nitrogens is 3. The summed E-state index contributed by atoms with van der Waals surface area (Å²) >= 11 is 0. The van der Waals surface area contributed by atoms with E-state index in [1.54, 1.807) is 12.4 Å². The molecule has 3 rings (SSSR count). The first kappa shape index (κ1) is 18.3. The average Bonchev–Trinajstić information content (AvgIpc) is 3.06. The average molecular weight is 370 g/mol. The van der Waals surface area contributed by atoms with Crippen molar-refractivity contribution in [3.05, 3.63) is 77.1 Å². The van der Waals surface area contributed by atoms with E-state index >= 15 is 0 Å². The van der Waals surface area contributed by atoms with Gasteiger partial charge in [0, 0.05) is 0 Å². The molecule has 0 amide bonds. The molecule has 26 heavy (non-hydrogen) atoms. The summed E-state index contributed by atoms with van der Waals surface area (Å²) in [5.41, 5.74) is 3.37. The molecule has 6 nitrogen and oxygen atoms in total. The SMILES string of the molecule is Cc1cc(C)c(S(=O)(=O)NC(Cn2nccn2)c2ccccc2)c(C)c1. The van der Waals surface area contributed by atoms with Gasteiger partial charge in [0.1, 0.15) is 0 Å². The van der Waals surface area contributed by atoms with E-state index in [0.29, 0.717) is 11.4 Å². The minimum atomic E-state index is -3.71. The third-order valence-corrected chi connectivity index (χ3v) is 5.96. The summed E-state index contributed by atoms with van der Waals surface area (Å²) in [6, 6.07) is 12.7. The zero-order chi connectivity index (χ0) is 18.7. The number of sulfonamides is 1. The van der Waals surface area contributed by atoms with Gasteiger partial charge in [0.25, 0.3) is 0 Å². The Balaban J connectivity index is 1.98. The molecule has 0 fully saturated rings. The predicted molar refractivity (Wildman–Crippen MR) is 100 cm³/mol. The number of aryl methyl sites for hydroxylation is 3. The summed E-state index contributed by atoms with van der Waals surface area (Å²) in [4.78, 5) is 1.81. The van der Waals surface area contributed by atoms with Gasteiger partial charge >= 0.3 is 0 Å². The van der Waals surface area contributed by atoms with E-state index in [9.17, 15) is 8.42 Å². The van der Waals surface area contributed by atoms with E-state index in [-0.39, 0.29) is 0 Å². The zero-order valence-electron chi connectivity index (χ0n) is 15.0. The second-order valence-electron chi connectivity index (χ2n) is 6.40. The summed E-state index contributed by atoms with van der Waals surface area (Å²) in [5.74, 6) is 0. The second-order valence-corrected chi connectivity index (χ2v) is 8.05. The maximum absolute atomic E-state index is 13.1. The first-order valence-corrected chi connectivity index (χ1v) is 9.84. The monoisotopic (exact) mass is 370 g/mol. The van der Waals surface area contributed by atoms with E-state index in [1.165, 1.54) is 4.80 Å². The van der Waals surface area contributed by atoms with Crippen LogP contribution in [-0.4, -0.2) is 23.4 Å². The van der Waals surface area contributed by atoms with Crippen LogP contribution in [0.3, 0.4) is 0 Å². The van der Waals surface area contributed by atoms with E-state index in [0.717, 1.165) is 22.3 Å². The lowest BCUT2D eigenvalue weighted by atomic mass is 10.1. The van der Waals surface area contributed by atoms with Gasteiger partial charge in [-0.1, -0.05) is 48.0 Å². The van der Waals surface area contributed by atoms with Crippen molar-refractivity contribution in [3.8, 4) is 0 Å². The van der Waals surface area contributed by atoms with Crippen molar-refractivity contribution in [2.24, 2.45) is 0 Å². The molecule has 136 valence electrons. The van der Waals surface area contributed by atoms with Crippen molar-refractivity contribution in [1.82, 2.24) is 19.7 Å². The second kappa shape index (κ2) is 7.39. The first-order valence-electron chi connectivity index (χ1n) is 8.36. The third-order valence-electron chi connectivity index (χ3n) is 4.19. The molecular weight excluding hydrogens is 348 g/mol. The van der Waals surface area contributed by atoms with Gasteiger partial charge in [0.2, 0.25) is 10.0 Å². The van der Waals surface area contributed by atoms with Crippen LogP contribution in [0, 0.1) is 20.8 Å². The molecule has 0 saturated carbocycles. The van der Waals surface area contributed by atoms with E-state index in [1.807, 2.05) is 63.2 Å². The van der Waals surface area contributed by atoms with Crippen LogP contribution in [0.4, 0.5) is 0 Å². The van der Waals surface area contributed by atoms with Crippen molar-refractivity contribution >= 4 is 10.0 Å². The van der Waals surface area contributed by atoms with Crippen molar-refractivity contribution in [2.75, 3.05) is 0 Å². The first-order chi connectivity index (χ1) is 12.4. The van der Waals surface area contributed by atoms with Gasteiger partial charge in [-0.25, -0.2) is 13.1 Å². The van der Waals surface area contributed by atoms with Gasteiger partial charge in [-0.15, -0.1) is 0 Å². The molecular formula is C19H22N4O2S. The standard InChI is InChI=1S/C19H22N4O2S/c1-14-11-15(2)19(16(3)12-14)26(24,25)22-18(13-23-20-9-10-21-23)17-7-5-4-6-8-17/h4-12,18,22H,13H2,1-3H3. The molecule has 1 atom stereocenters. The third kappa shape index (κ3) is 4.00. The highest BCUT2D eigenvalue weighted by atomic mass is 32.2. The minimum Gasteiger partial charge on any atom is -0.207 e. The fourth-order valence-corrected chi connectivity index (χ4v) is 4.90. The van der Waals surface area contributed by atoms with Crippen LogP contribution < -0.4 is 4.72 Å². The quantitative estimate of drug-likeness (QED) is 0.724. The lowest BCUT2D eigenvalue weighted by Gasteiger charge is -2.20. The molecule has 0 radical (unpaired) electrons. The van der Waals surface area contributed by atoms with Crippen molar-refractivity contribution in [3.63, 3.8) is 0 Å². The molecule has 0 saturated heterocycles. The summed E-state index contributed by atoms with van der Waals surface area (Å²) in [5, 5.41) is 8.20. The van der Waals surface area contributed by atoms with Crippen LogP contribution >= 0.6 is 0 Å². The molecule has 1 heterocycles. The van der Waals surface area contributed by atoms with Gasteiger partial charge in [-0.2, -0.15) is 15.0 Å². The number of hydrogen-bond acceptors (Lipinski definition) is 4. The van der Waals surface area contributed by atoms with Gasteiger partial charge in [0.05, 0.1) is 29.9 Å². The largest absolute Gasteiger partial charge is 0.241 e. The molecule has 2 aromatic carbocycles. The molecule has 0 aliphatic rings. The lowest BCUT2D eigenvalue weighted by Crippen LogP contribution is -2.33. The van der Waals surface area contributed by atoms with Crippen LogP contribution in [0.2, 0.25) is 0 Å². The lowest BCUT2D eigenvalue weighted by molar-refractivity contribution is 0.444. The smallest absolute Gasteiger partial charge is 0.207 e. The molecule has 3 aromatic rings. The normalized spacial score (nSPS) is 12.9. The fraction of sp³-hybridized carbons (Fsp3) is 0.263. The topological polar surface area (TPSA) is 76.9 Å². The molecule has 0 aliphatic carbocycles. The minimum absolute atomic E-state index is 0.306. The van der Waals surface area contributed by atoms with Gasteiger partial charge in [0.15, 0.2) is 0 Å². The maximum Gasteiger partial charge on any atom is 0.241 e. The van der Waals surface area contributed by atoms with Crippen molar-refractivity contribution in [1.29, 1.82) is 0 Å². The molecule has 1 N–H and O–H groups in total. The summed E-state index contributed by atoms with van der Waals surface area (Å²) in [6.07, 6.45) is 3.15.